The summed E-state index contributed by atoms with van der Waals surface area (Å²) in [5, 5.41) is 6.83. The molecule has 0 radical (unpaired) electrons. The van der Waals surface area contributed by atoms with Crippen molar-refractivity contribution in [2.75, 3.05) is 10.6 Å². The number of amides is 1. The first kappa shape index (κ1) is 19.9. The Hall–Kier alpha value is -3.40. The largest absolute Gasteiger partial charge is 0.365 e. The van der Waals surface area contributed by atoms with E-state index in [1.54, 1.807) is 12.3 Å². The second-order valence-corrected chi connectivity index (χ2v) is 7.29. The highest BCUT2D eigenvalue weighted by Gasteiger charge is 2.44. The zero-order valence-electron chi connectivity index (χ0n) is 16.0. The lowest BCUT2D eigenvalue weighted by Crippen LogP contribution is -2.55. The van der Waals surface area contributed by atoms with Crippen molar-refractivity contribution in [3.8, 4) is 0 Å². The van der Waals surface area contributed by atoms with Crippen LogP contribution in [-0.2, 0) is 0 Å². The van der Waals surface area contributed by atoms with E-state index in [0.717, 1.165) is 10.9 Å². The lowest BCUT2D eigenvalue weighted by molar-refractivity contribution is -0.0555. The number of pyridine rings is 1. The molecule has 2 heterocycles. The minimum absolute atomic E-state index is 0.0742. The van der Waals surface area contributed by atoms with Crippen LogP contribution < -0.4 is 22.1 Å². The van der Waals surface area contributed by atoms with Gasteiger partial charge in [0, 0.05) is 29.9 Å². The summed E-state index contributed by atoms with van der Waals surface area (Å²) in [6.07, 6.45) is 3.53. The van der Waals surface area contributed by atoms with Crippen LogP contribution in [-0.4, -0.2) is 38.9 Å². The van der Waals surface area contributed by atoms with Gasteiger partial charge in [0.05, 0.1) is 17.6 Å². The third-order valence-corrected chi connectivity index (χ3v) is 5.18. The monoisotopic (exact) mass is 413 g/mol. The van der Waals surface area contributed by atoms with E-state index in [1.165, 1.54) is 6.20 Å². The van der Waals surface area contributed by atoms with Crippen LogP contribution >= 0.6 is 0 Å². The Morgan fingerprint density at radius 1 is 1.23 bits per heavy atom. The molecular weight excluding hydrogens is 392 g/mol. The number of hydrogen-bond acceptors (Lipinski definition) is 7. The molecule has 0 saturated heterocycles. The summed E-state index contributed by atoms with van der Waals surface area (Å²) in [4.78, 5) is 24.4. The third kappa shape index (κ3) is 3.99. The number of alkyl halides is 2. The van der Waals surface area contributed by atoms with Gasteiger partial charge in [-0.3, -0.25) is 9.78 Å². The van der Waals surface area contributed by atoms with Crippen molar-refractivity contribution in [2.45, 2.75) is 37.3 Å². The van der Waals surface area contributed by atoms with E-state index >= 15 is 0 Å². The highest BCUT2D eigenvalue weighted by molar-refractivity contribution is 5.98. The number of halogens is 2. The van der Waals surface area contributed by atoms with Crippen molar-refractivity contribution in [3.63, 3.8) is 0 Å². The van der Waals surface area contributed by atoms with Crippen LogP contribution in [0.2, 0.25) is 0 Å². The Bertz CT molecular complexity index is 1090. The van der Waals surface area contributed by atoms with Gasteiger partial charge in [-0.05, 0) is 37.1 Å². The standard InChI is InChI=1S/C20H21F2N7O/c21-20(22)7-1-4-15(16(20)23)28-19-26-10-13(17(24)30)18(29-19)27-12-5-6-14-11(9-12)3-2-8-25-14/h2-3,5-6,8-10,15-16H,1,4,7,23H2,(H2,24,30)(H2,26,27,28,29). The molecule has 6 N–H and O–H groups in total. The van der Waals surface area contributed by atoms with Crippen molar-refractivity contribution in [2.24, 2.45) is 11.5 Å². The number of aromatic nitrogens is 3. The Labute approximate surface area is 171 Å². The van der Waals surface area contributed by atoms with Crippen LogP contribution in [0.25, 0.3) is 10.9 Å². The molecule has 8 nitrogen and oxygen atoms in total. The molecule has 1 aliphatic carbocycles. The molecule has 2 atom stereocenters. The lowest BCUT2D eigenvalue weighted by Gasteiger charge is -2.35. The summed E-state index contributed by atoms with van der Waals surface area (Å²) in [5.74, 6) is -3.42. The van der Waals surface area contributed by atoms with Gasteiger partial charge in [0.15, 0.2) is 0 Å². The number of nitrogens with two attached hydrogens (primary N) is 2. The first-order valence-electron chi connectivity index (χ1n) is 9.52. The number of rotatable bonds is 5. The maximum absolute atomic E-state index is 13.9. The van der Waals surface area contributed by atoms with Crippen LogP contribution in [0.5, 0.6) is 0 Å². The normalized spacial score (nSPS) is 20.6. The first-order valence-corrected chi connectivity index (χ1v) is 9.52. The molecule has 2 aromatic heterocycles. The maximum Gasteiger partial charge on any atom is 0.264 e. The van der Waals surface area contributed by atoms with E-state index in [1.807, 2.05) is 24.3 Å². The maximum atomic E-state index is 13.9. The Balaban J connectivity index is 1.62. The molecular formula is C20H21F2N7O. The Morgan fingerprint density at radius 2 is 2.07 bits per heavy atom. The SMILES string of the molecule is NC(=O)c1cnc(NC2CCCC(F)(F)C2N)nc1Nc1ccc2ncccc2c1. The van der Waals surface area contributed by atoms with Crippen molar-refractivity contribution >= 4 is 34.3 Å². The molecule has 30 heavy (non-hydrogen) atoms. The van der Waals surface area contributed by atoms with Crippen LogP contribution in [0, 0.1) is 0 Å². The second kappa shape index (κ2) is 7.79. The van der Waals surface area contributed by atoms with Crippen LogP contribution in [0.1, 0.15) is 29.6 Å². The average molecular weight is 413 g/mol. The molecule has 1 aromatic carbocycles. The number of carbonyl (C=O) groups is 1. The third-order valence-electron chi connectivity index (χ3n) is 5.18. The summed E-state index contributed by atoms with van der Waals surface area (Å²) in [7, 11) is 0. The second-order valence-electron chi connectivity index (χ2n) is 7.29. The van der Waals surface area contributed by atoms with E-state index < -0.39 is 23.9 Å². The number of nitrogens with zero attached hydrogens (tertiary/aromatic N) is 3. The van der Waals surface area contributed by atoms with Gasteiger partial charge in [-0.2, -0.15) is 4.98 Å². The number of hydrogen-bond donors (Lipinski definition) is 4. The number of anilines is 3. The fourth-order valence-electron chi connectivity index (χ4n) is 3.54. The number of nitrogens with one attached hydrogen (secondary N) is 2. The summed E-state index contributed by atoms with van der Waals surface area (Å²) < 4.78 is 27.9. The van der Waals surface area contributed by atoms with E-state index in [4.69, 9.17) is 11.5 Å². The van der Waals surface area contributed by atoms with Gasteiger partial charge in [-0.15, -0.1) is 0 Å². The van der Waals surface area contributed by atoms with Crippen molar-refractivity contribution in [1.82, 2.24) is 15.0 Å². The summed E-state index contributed by atoms with van der Waals surface area (Å²) in [6, 6.07) is 7.14. The fraction of sp³-hybridized carbons (Fsp3) is 0.300. The molecule has 1 aliphatic rings. The smallest absolute Gasteiger partial charge is 0.264 e. The van der Waals surface area contributed by atoms with Gasteiger partial charge in [0.1, 0.15) is 11.4 Å². The van der Waals surface area contributed by atoms with Crippen molar-refractivity contribution in [3.05, 3.63) is 48.3 Å². The van der Waals surface area contributed by atoms with Crippen molar-refractivity contribution in [1.29, 1.82) is 0 Å². The molecule has 0 bridgehead atoms. The van der Waals surface area contributed by atoms with Gasteiger partial charge >= 0.3 is 0 Å². The molecule has 3 aromatic rings. The van der Waals surface area contributed by atoms with Gasteiger partial charge in [-0.25, -0.2) is 13.8 Å². The molecule has 0 spiro atoms. The van der Waals surface area contributed by atoms with E-state index in [0.29, 0.717) is 18.5 Å². The summed E-state index contributed by atoms with van der Waals surface area (Å²) in [6.45, 7) is 0. The molecule has 2 unspecified atom stereocenters. The van der Waals surface area contributed by atoms with Crippen LogP contribution in [0.4, 0.5) is 26.2 Å². The molecule has 1 saturated carbocycles. The minimum atomic E-state index is -2.96. The number of fused-ring (bicyclic) bond motifs is 1. The fourth-order valence-corrected chi connectivity index (χ4v) is 3.54. The predicted molar refractivity (Wildman–Crippen MR) is 110 cm³/mol. The van der Waals surface area contributed by atoms with E-state index in [9.17, 15) is 13.6 Å². The minimum Gasteiger partial charge on any atom is -0.365 e. The molecule has 1 amide bonds. The molecule has 1 fully saturated rings. The molecule has 10 heteroatoms. The topological polar surface area (TPSA) is 132 Å². The Kier molecular flexibility index (Phi) is 5.17. The molecule has 4 rings (SSSR count). The van der Waals surface area contributed by atoms with Crippen LogP contribution in [0.15, 0.2) is 42.7 Å². The number of primary amides is 1. The summed E-state index contributed by atoms with van der Waals surface area (Å²) in [5.41, 5.74) is 12.7. The molecule has 156 valence electrons. The van der Waals surface area contributed by atoms with Gasteiger partial charge in [0.25, 0.3) is 11.8 Å². The zero-order valence-corrected chi connectivity index (χ0v) is 16.0. The highest BCUT2D eigenvalue weighted by Crippen LogP contribution is 2.33. The van der Waals surface area contributed by atoms with Crippen molar-refractivity contribution < 1.29 is 13.6 Å². The molecule has 0 aliphatic heterocycles. The van der Waals surface area contributed by atoms with E-state index in [-0.39, 0.29) is 23.8 Å². The number of benzene rings is 1. The first-order chi connectivity index (χ1) is 14.3. The Morgan fingerprint density at radius 3 is 2.87 bits per heavy atom. The quantitative estimate of drug-likeness (QED) is 0.506. The zero-order chi connectivity index (χ0) is 21.3. The summed E-state index contributed by atoms with van der Waals surface area (Å²) >= 11 is 0. The van der Waals surface area contributed by atoms with Gasteiger partial charge in [0.2, 0.25) is 5.95 Å². The van der Waals surface area contributed by atoms with Gasteiger partial charge in [-0.1, -0.05) is 6.07 Å². The average Bonchev–Trinajstić information content (AvgIpc) is 2.71. The number of carbonyl (C=O) groups excluding carboxylic acids is 1. The highest BCUT2D eigenvalue weighted by atomic mass is 19.3. The van der Waals surface area contributed by atoms with Crippen LogP contribution in [0.3, 0.4) is 0 Å². The predicted octanol–water partition coefficient (Wildman–Crippen LogP) is 2.79. The van der Waals surface area contributed by atoms with E-state index in [2.05, 4.69) is 25.6 Å². The lowest BCUT2D eigenvalue weighted by atomic mass is 9.87. The van der Waals surface area contributed by atoms with Gasteiger partial charge < -0.3 is 22.1 Å².